The molecule has 1 amide bonds. The Morgan fingerprint density at radius 1 is 1.22 bits per heavy atom. The molecule has 0 unspecified atom stereocenters. The van der Waals surface area contributed by atoms with Crippen LogP contribution >= 0.6 is 15.9 Å². The van der Waals surface area contributed by atoms with Crippen LogP contribution in [0.3, 0.4) is 0 Å². The fraction of sp³-hybridized carbons (Fsp3) is 0.100. The third-order valence-electron chi connectivity index (χ3n) is 3.89. The van der Waals surface area contributed by atoms with Gasteiger partial charge >= 0.3 is 0 Å². The number of benzene rings is 2. The number of carbonyl (C=O) groups is 1. The van der Waals surface area contributed by atoms with Gasteiger partial charge in [-0.1, -0.05) is 28.1 Å². The second-order valence-corrected chi connectivity index (χ2v) is 6.60. The van der Waals surface area contributed by atoms with Crippen molar-refractivity contribution in [3.05, 3.63) is 69.9 Å². The highest BCUT2D eigenvalue weighted by molar-refractivity contribution is 9.10. The van der Waals surface area contributed by atoms with E-state index in [1.165, 1.54) is 25.5 Å². The van der Waals surface area contributed by atoms with E-state index in [9.17, 15) is 9.90 Å². The van der Waals surface area contributed by atoms with E-state index in [0.29, 0.717) is 17.3 Å². The highest BCUT2D eigenvalue weighted by atomic mass is 79.9. The number of aryl methyl sites for hydroxylation is 1. The molecule has 1 aromatic heterocycles. The van der Waals surface area contributed by atoms with Gasteiger partial charge in [0.15, 0.2) is 0 Å². The minimum atomic E-state index is -0.541. The van der Waals surface area contributed by atoms with Gasteiger partial charge < -0.3 is 14.3 Å². The number of methoxy groups -OCH3 is 1. The molecule has 138 valence electrons. The van der Waals surface area contributed by atoms with Gasteiger partial charge in [-0.15, -0.1) is 0 Å². The summed E-state index contributed by atoms with van der Waals surface area (Å²) in [6.45, 7) is 2.01. The van der Waals surface area contributed by atoms with Crippen molar-refractivity contribution in [2.45, 2.75) is 6.92 Å². The maximum absolute atomic E-state index is 12.1. The molecule has 0 bridgehead atoms. The molecule has 0 atom stereocenters. The van der Waals surface area contributed by atoms with Crippen LogP contribution in [0, 0.1) is 6.92 Å². The molecule has 0 radical (unpaired) electrons. The van der Waals surface area contributed by atoms with Crippen LogP contribution in [-0.2, 0) is 0 Å². The summed E-state index contributed by atoms with van der Waals surface area (Å²) >= 11 is 3.50. The van der Waals surface area contributed by atoms with Crippen LogP contribution < -0.4 is 10.2 Å². The molecular formula is C20H17BrN2O4. The lowest BCUT2D eigenvalue weighted by Crippen LogP contribution is -2.17. The maximum atomic E-state index is 12.1. The largest absolute Gasteiger partial charge is 0.507 e. The van der Waals surface area contributed by atoms with Crippen molar-refractivity contribution in [2.75, 3.05) is 7.11 Å². The minimum Gasteiger partial charge on any atom is -0.507 e. The summed E-state index contributed by atoms with van der Waals surface area (Å²) in [6, 6.07) is 13.9. The topological polar surface area (TPSA) is 84.1 Å². The Kier molecular flexibility index (Phi) is 5.61. The summed E-state index contributed by atoms with van der Waals surface area (Å²) in [5.41, 5.74) is 4.51. The zero-order valence-electron chi connectivity index (χ0n) is 14.7. The first-order chi connectivity index (χ1) is 13.0. The Balaban J connectivity index is 1.67. The SMILES string of the molecule is COc1ccc(C(=O)N/N=C\c2ccc(-c3ccc(C)c(Br)c3)o2)c(O)c1. The number of hydrogen-bond acceptors (Lipinski definition) is 5. The molecule has 27 heavy (non-hydrogen) atoms. The highest BCUT2D eigenvalue weighted by Gasteiger charge is 2.11. The molecule has 2 aromatic carbocycles. The predicted octanol–water partition coefficient (Wildman–Crippen LogP) is 4.50. The molecular weight excluding hydrogens is 412 g/mol. The third-order valence-corrected chi connectivity index (χ3v) is 4.74. The molecule has 0 fully saturated rings. The smallest absolute Gasteiger partial charge is 0.275 e. The van der Waals surface area contributed by atoms with E-state index in [1.807, 2.05) is 31.2 Å². The second kappa shape index (κ2) is 8.09. The highest BCUT2D eigenvalue weighted by Crippen LogP contribution is 2.27. The minimum absolute atomic E-state index is 0.0950. The van der Waals surface area contributed by atoms with Gasteiger partial charge in [0.25, 0.3) is 5.91 Å². The standard InChI is InChI=1S/C20H17BrN2O4/c1-12-3-4-13(9-17(12)21)19-8-6-15(27-19)11-22-23-20(25)16-7-5-14(26-2)10-18(16)24/h3-11,24H,1-2H3,(H,23,25)/b22-11-. The van der Waals surface area contributed by atoms with Crippen molar-refractivity contribution >= 4 is 28.1 Å². The van der Waals surface area contributed by atoms with E-state index in [4.69, 9.17) is 9.15 Å². The van der Waals surface area contributed by atoms with Gasteiger partial charge in [-0.3, -0.25) is 4.79 Å². The van der Waals surface area contributed by atoms with Crippen LogP contribution in [0.25, 0.3) is 11.3 Å². The first-order valence-corrected chi connectivity index (χ1v) is 8.84. The maximum Gasteiger partial charge on any atom is 0.275 e. The number of hydrazone groups is 1. The van der Waals surface area contributed by atoms with Gasteiger partial charge in [-0.25, -0.2) is 5.43 Å². The summed E-state index contributed by atoms with van der Waals surface area (Å²) in [5, 5.41) is 13.7. The lowest BCUT2D eigenvalue weighted by atomic mass is 10.1. The number of furan rings is 1. The Morgan fingerprint density at radius 3 is 2.74 bits per heavy atom. The number of phenolic OH excluding ortho intramolecular Hbond substituents is 1. The van der Waals surface area contributed by atoms with E-state index in [1.54, 1.807) is 12.1 Å². The lowest BCUT2D eigenvalue weighted by molar-refractivity contribution is 0.0952. The molecule has 6 nitrogen and oxygen atoms in total. The first kappa shape index (κ1) is 18.7. The third kappa shape index (κ3) is 4.38. The van der Waals surface area contributed by atoms with Crippen LogP contribution in [-0.4, -0.2) is 24.3 Å². The second-order valence-electron chi connectivity index (χ2n) is 5.75. The normalized spacial score (nSPS) is 10.9. The van der Waals surface area contributed by atoms with Crippen LogP contribution in [0.2, 0.25) is 0 Å². The fourth-order valence-electron chi connectivity index (χ4n) is 2.37. The van der Waals surface area contributed by atoms with E-state index < -0.39 is 5.91 Å². The molecule has 3 rings (SSSR count). The Hall–Kier alpha value is -3.06. The number of nitrogens with one attached hydrogen (secondary N) is 1. The van der Waals surface area contributed by atoms with Crippen LogP contribution in [0.15, 0.2) is 62.5 Å². The first-order valence-electron chi connectivity index (χ1n) is 8.04. The molecule has 7 heteroatoms. The Bertz CT molecular complexity index is 1010. The molecule has 0 saturated carbocycles. The zero-order chi connectivity index (χ0) is 19.4. The van der Waals surface area contributed by atoms with Gasteiger partial charge in [0.05, 0.1) is 18.9 Å². The van der Waals surface area contributed by atoms with E-state index in [0.717, 1.165) is 15.6 Å². The van der Waals surface area contributed by atoms with E-state index >= 15 is 0 Å². The molecule has 1 heterocycles. The number of ether oxygens (including phenoxy) is 1. The Morgan fingerprint density at radius 2 is 2.04 bits per heavy atom. The number of halogens is 1. The van der Waals surface area contributed by atoms with Crippen molar-refractivity contribution in [1.29, 1.82) is 0 Å². The quantitative estimate of drug-likeness (QED) is 0.462. The van der Waals surface area contributed by atoms with Gasteiger partial charge in [0, 0.05) is 16.1 Å². The van der Waals surface area contributed by atoms with Crippen molar-refractivity contribution in [3.8, 4) is 22.8 Å². The Labute approximate surface area is 164 Å². The number of amides is 1. The summed E-state index contributed by atoms with van der Waals surface area (Å²) in [5.74, 6) is 0.906. The number of rotatable bonds is 5. The summed E-state index contributed by atoms with van der Waals surface area (Å²) < 4.78 is 11.7. The van der Waals surface area contributed by atoms with Gasteiger partial charge in [-0.2, -0.15) is 5.10 Å². The number of carbonyl (C=O) groups excluding carboxylic acids is 1. The van der Waals surface area contributed by atoms with Crippen LogP contribution in [0.5, 0.6) is 11.5 Å². The predicted molar refractivity (Wildman–Crippen MR) is 106 cm³/mol. The van der Waals surface area contributed by atoms with Crippen molar-refractivity contribution in [2.24, 2.45) is 5.10 Å². The van der Waals surface area contributed by atoms with Crippen LogP contribution in [0.1, 0.15) is 21.7 Å². The summed E-state index contributed by atoms with van der Waals surface area (Å²) in [7, 11) is 1.48. The molecule has 0 saturated heterocycles. The fourth-order valence-corrected chi connectivity index (χ4v) is 2.75. The van der Waals surface area contributed by atoms with Gasteiger partial charge in [-0.05, 0) is 42.8 Å². The average Bonchev–Trinajstić information content (AvgIpc) is 3.12. The van der Waals surface area contributed by atoms with Crippen LogP contribution in [0.4, 0.5) is 0 Å². The lowest BCUT2D eigenvalue weighted by Gasteiger charge is -2.05. The molecule has 0 aliphatic rings. The molecule has 0 aliphatic carbocycles. The summed E-state index contributed by atoms with van der Waals surface area (Å²) in [4.78, 5) is 12.1. The van der Waals surface area contributed by atoms with Crippen molar-refractivity contribution in [3.63, 3.8) is 0 Å². The van der Waals surface area contributed by atoms with Crippen molar-refractivity contribution < 1.29 is 19.1 Å². The zero-order valence-corrected chi connectivity index (χ0v) is 16.3. The molecule has 0 aliphatic heterocycles. The average molecular weight is 429 g/mol. The monoisotopic (exact) mass is 428 g/mol. The number of phenols is 1. The van der Waals surface area contributed by atoms with E-state index in [2.05, 4.69) is 26.5 Å². The molecule has 3 aromatic rings. The number of hydrogen-bond donors (Lipinski definition) is 2. The number of aromatic hydroxyl groups is 1. The number of nitrogens with zero attached hydrogens (tertiary/aromatic N) is 1. The molecule has 0 spiro atoms. The van der Waals surface area contributed by atoms with Gasteiger partial charge in [0.2, 0.25) is 0 Å². The van der Waals surface area contributed by atoms with Crippen molar-refractivity contribution in [1.82, 2.24) is 5.43 Å². The van der Waals surface area contributed by atoms with Gasteiger partial charge in [0.1, 0.15) is 23.0 Å². The van der Waals surface area contributed by atoms with E-state index in [-0.39, 0.29) is 11.3 Å². The summed E-state index contributed by atoms with van der Waals surface area (Å²) in [6.07, 6.45) is 1.39. The molecule has 2 N–H and O–H groups in total.